The monoisotopic (exact) mass is 276 g/mol. The topological polar surface area (TPSA) is 24.5 Å². The van der Waals surface area contributed by atoms with Gasteiger partial charge in [-0.1, -0.05) is 25.1 Å². The third-order valence-corrected chi connectivity index (χ3v) is 4.49. The Labute approximate surface area is 123 Å². The summed E-state index contributed by atoms with van der Waals surface area (Å²) in [5.74, 6) is 0.978. The minimum absolute atomic E-state index is 0.0845. The number of nitrogens with zero attached hydrogens (tertiary/aromatic N) is 1. The molecule has 0 bridgehead atoms. The molecule has 1 saturated heterocycles. The summed E-state index contributed by atoms with van der Waals surface area (Å²) in [6.45, 7) is 10.2. The molecule has 20 heavy (non-hydrogen) atoms. The van der Waals surface area contributed by atoms with Gasteiger partial charge in [-0.15, -0.1) is 0 Å². The first-order chi connectivity index (χ1) is 9.61. The molecule has 112 valence electrons. The maximum absolute atomic E-state index is 5.57. The molecular formula is C17H28N2O. The fourth-order valence-electron chi connectivity index (χ4n) is 3.33. The number of rotatable bonds is 6. The summed E-state index contributed by atoms with van der Waals surface area (Å²) in [7, 11) is 1.75. The van der Waals surface area contributed by atoms with Gasteiger partial charge in [0.05, 0.1) is 13.2 Å². The molecule has 1 heterocycles. The van der Waals surface area contributed by atoms with Gasteiger partial charge in [0.2, 0.25) is 0 Å². The number of para-hydroxylation sites is 1. The van der Waals surface area contributed by atoms with Crippen LogP contribution in [0.1, 0.15) is 45.2 Å². The Morgan fingerprint density at radius 3 is 2.50 bits per heavy atom. The molecule has 0 saturated carbocycles. The molecule has 1 aliphatic rings. The lowest BCUT2D eigenvalue weighted by molar-refractivity contribution is 0.106. The molecule has 1 aromatic carbocycles. The highest BCUT2D eigenvalue weighted by Crippen LogP contribution is 2.37. The largest absolute Gasteiger partial charge is 0.496 e. The van der Waals surface area contributed by atoms with E-state index >= 15 is 0 Å². The molecule has 0 radical (unpaired) electrons. The summed E-state index contributed by atoms with van der Waals surface area (Å²) in [6.07, 6.45) is 2.63. The predicted molar refractivity (Wildman–Crippen MR) is 84.3 cm³/mol. The van der Waals surface area contributed by atoms with Gasteiger partial charge in [-0.2, -0.15) is 0 Å². The Bertz CT molecular complexity index is 425. The Kier molecular flexibility index (Phi) is 5.06. The van der Waals surface area contributed by atoms with Crippen molar-refractivity contribution in [2.24, 2.45) is 0 Å². The molecule has 1 unspecified atom stereocenters. The highest BCUT2D eigenvalue weighted by atomic mass is 16.5. The first kappa shape index (κ1) is 15.3. The van der Waals surface area contributed by atoms with Gasteiger partial charge in [-0.05, 0) is 52.4 Å². The van der Waals surface area contributed by atoms with Gasteiger partial charge in [0.15, 0.2) is 0 Å². The summed E-state index contributed by atoms with van der Waals surface area (Å²) in [4.78, 5) is 2.60. The summed E-state index contributed by atoms with van der Waals surface area (Å²) in [6, 6.07) is 8.65. The quantitative estimate of drug-likeness (QED) is 0.863. The minimum atomic E-state index is 0.0845. The molecule has 2 rings (SSSR count). The van der Waals surface area contributed by atoms with E-state index in [-0.39, 0.29) is 11.6 Å². The van der Waals surface area contributed by atoms with Gasteiger partial charge in [-0.3, -0.25) is 4.90 Å². The Morgan fingerprint density at radius 1 is 1.25 bits per heavy atom. The molecule has 1 aromatic rings. The second-order valence-electron chi connectivity index (χ2n) is 6.08. The fraction of sp³-hybridized carbons (Fsp3) is 0.647. The summed E-state index contributed by atoms with van der Waals surface area (Å²) < 4.78 is 5.57. The summed E-state index contributed by atoms with van der Waals surface area (Å²) in [5, 5.41) is 3.67. The molecule has 1 N–H and O–H groups in total. The zero-order valence-electron chi connectivity index (χ0n) is 13.3. The van der Waals surface area contributed by atoms with E-state index in [1.807, 2.05) is 6.07 Å². The average Bonchev–Trinajstić information content (AvgIpc) is 2.99. The van der Waals surface area contributed by atoms with E-state index < -0.39 is 0 Å². The van der Waals surface area contributed by atoms with Crippen molar-refractivity contribution in [2.45, 2.75) is 45.2 Å². The molecule has 3 nitrogen and oxygen atoms in total. The zero-order chi connectivity index (χ0) is 14.6. The van der Waals surface area contributed by atoms with E-state index in [1.165, 1.54) is 31.5 Å². The lowest BCUT2D eigenvalue weighted by Gasteiger charge is -2.43. The Hall–Kier alpha value is -1.06. The number of ether oxygens (including phenoxy) is 1. The van der Waals surface area contributed by atoms with Gasteiger partial charge >= 0.3 is 0 Å². The highest BCUT2D eigenvalue weighted by molar-refractivity contribution is 5.37. The van der Waals surface area contributed by atoms with Gasteiger partial charge < -0.3 is 10.1 Å². The van der Waals surface area contributed by atoms with Crippen molar-refractivity contribution < 1.29 is 4.74 Å². The normalized spacial score (nSPS) is 18.2. The van der Waals surface area contributed by atoms with Crippen LogP contribution in [0.5, 0.6) is 5.75 Å². The minimum Gasteiger partial charge on any atom is -0.496 e. The van der Waals surface area contributed by atoms with Crippen molar-refractivity contribution in [1.82, 2.24) is 10.2 Å². The van der Waals surface area contributed by atoms with Crippen LogP contribution in [-0.2, 0) is 0 Å². The number of likely N-dealkylation sites (N-methyl/N-ethyl adjacent to an activating group) is 1. The van der Waals surface area contributed by atoms with Crippen LogP contribution in [-0.4, -0.2) is 37.2 Å². The molecular weight excluding hydrogens is 248 g/mol. The average molecular weight is 276 g/mol. The molecule has 0 aromatic heterocycles. The van der Waals surface area contributed by atoms with Gasteiger partial charge in [0.25, 0.3) is 0 Å². The standard InChI is InChI=1S/C17H28N2O/c1-5-18-16(14-10-6-7-11-15(14)20-4)17(2,3)19-12-8-9-13-19/h6-7,10-11,16,18H,5,8-9,12-13H2,1-4H3. The van der Waals surface area contributed by atoms with Gasteiger partial charge in [0, 0.05) is 11.1 Å². The maximum atomic E-state index is 5.57. The van der Waals surface area contributed by atoms with Gasteiger partial charge in [0.1, 0.15) is 5.75 Å². The third kappa shape index (κ3) is 2.99. The van der Waals surface area contributed by atoms with E-state index in [9.17, 15) is 0 Å². The van der Waals surface area contributed by atoms with Gasteiger partial charge in [-0.25, -0.2) is 0 Å². The van der Waals surface area contributed by atoms with E-state index in [4.69, 9.17) is 4.74 Å². The smallest absolute Gasteiger partial charge is 0.123 e. The van der Waals surface area contributed by atoms with Crippen LogP contribution in [0.2, 0.25) is 0 Å². The Balaban J connectivity index is 2.34. The maximum Gasteiger partial charge on any atom is 0.123 e. The second-order valence-corrected chi connectivity index (χ2v) is 6.08. The number of hydrogen-bond acceptors (Lipinski definition) is 3. The number of methoxy groups -OCH3 is 1. The van der Waals surface area contributed by atoms with Crippen LogP contribution in [0, 0.1) is 0 Å². The lowest BCUT2D eigenvalue weighted by Crippen LogP contribution is -2.51. The first-order valence-corrected chi connectivity index (χ1v) is 7.72. The molecule has 0 amide bonds. The first-order valence-electron chi connectivity index (χ1n) is 7.72. The molecule has 1 aliphatic heterocycles. The van der Waals surface area contributed by atoms with Crippen LogP contribution in [0.4, 0.5) is 0 Å². The zero-order valence-corrected chi connectivity index (χ0v) is 13.3. The Morgan fingerprint density at radius 2 is 1.90 bits per heavy atom. The van der Waals surface area contributed by atoms with E-state index in [1.54, 1.807) is 7.11 Å². The molecule has 0 aliphatic carbocycles. The van der Waals surface area contributed by atoms with Crippen LogP contribution in [0.15, 0.2) is 24.3 Å². The summed E-state index contributed by atoms with van der Waals surface area (Å²) >= 11 is 0. The van der Waals surface area contributed by atoms with E-state index in [0.717, 1.165) is 12.3 Å². The molecule has 3 heteroatoms. The van der Waals surface area contributed by atoms with E-state index in [2.05, 4.69) is 49.2 Å². The van der Waals surface area contributed by atoms with Crippen molar-refractivity contribution in [3.63, 3.8) is 0 Å². The van der Waals surface area contributed by atoms with Crippen molar-refractivity contribution in [1.29, 1.82) is 0 Å². The SMILES string of the molecule is CCNC(c1ccccc1OC)C(C)(C)N1CCCC1. The third-order valence-electron chi connectivity index (χ3n) is 4.49. The molecule has 0 spiro atoms. The molecule has 1 atom stereocenters. The number of nitrogens with one attached hydrogen (secondary N) is 1. The summed E-state index contributed by atoms with van der Waals surface area (Å²) in [5.41, 5.74) is 1.34. The lowest BCUT2D eigenvalue weighted by atomic mass is 9.86. The van der Waals surface area contributed by atoms with Crippen molar-refractivity contribution in [3.8, 4) is 5.75 Å². The van der Waals surface area contributed by atoms with Crippen LogP contribution < -0.4 is 10.1 Å². The highest BCUT2D eigenvalue weighted by Gasteiger charge is 2.38. The molecule has 1 fully saturated rings. The predicted octanol–water partition coefficient (Wildman–Crippen LogP) is 3.22. The van der Waals surface area contributed by atoms with Crippen LogP contribution >= 0.6 is 0 Å². The van der Waals surface area contributed by atoms with Crippen LogP contribution in [0.3, 0.4) is 0 Å². The number of likely N-dealkylation sites (tertiary alicyclic amines) is 1. The van der Waals surface area contributed by atoms with E-state index in [0.29, 0.717) is 0 Å². The van der Waals surface area contributed by atoms with Crippen molar-refractivity contribution >= 4 is 0 Å². The number of benzene rings is 1. The number of hydrogen-bond donors (Lipinski definition) is 1. The van der Waals surface area contributed by atoms with Crippen molar-refractivity contribution in [3.05, 3.63) is 29.8 Å². The fourth-order valence-corrected chi connectivity index (χ4v) is 3.33. The van der Waals surface area contributed by atoms with Crippen molar-refractivity contribution in [2.75, 3.05) is 26.7 Å². The van der Waals surface area contributed by atoms with Crippen LogP contribution in [0.25, 0.3) is 0 Å². The second kappa shape index (κ2) is 6.59.